The highest BCUT2D eigenvalue weighted by Gasteiger charge is 2.45. The zero-order valence-corrected chi connectivity index (χ0v) is 18.4. The van der Waals surface area contributed by atoms with Crippen molar-refractivity contribution in [1.82, 2.24) is 0 Å². The summed E-state index contributed by atoms with van der Waals surface area (Å²) < 4.78 is 11.7. The molecule has 0 spiro atoms. The zero-order chi connectivity index (χ0) is 21.6. The van der Waals surface area contributed by atoms with E-state index < -0.39 is 11.4 Å². The standard InChI is InChI=1S/C24H20O4.CH3Br/c1-24(23(26)27-16-18(15-25)17-9-3-2-4-10-17)19-11-5-7-13-21(19)28-22-14-8-6-12-20(22)24;1-2/h2-15,25H,16H2,1H3;1H3. The molecule has 0 saturated carbocycles. The maximum Gasteiger partial charge on any atom is 0.321 e. The molecule has 0 radical (unpaired) electrons. The lowest BCUT2D eigenvalue weighted by atomic mass is 9.74. The van der Waals surface area contributed by atoms with Crippen LogP contribution < -0.4 is 4.74 Å². The molecule has 0 aromatic heterocycles. The monoisotopic (exact) mass is 466 g/mol. The van der Waals surface area contributed by atoms with Crippen LogP contribution in [0.1, 0.15) is 23.6 Å². The Hall–Kier alpha value is -3.05. The predicted octanol–water partition coefficient (Wildman–Crippen LogP) is 6.25. The predicted molar refractivity (Wildman–Crippen MR) is 122 cm³/mol. The van der Waals surface area contributed by atoms with E-state index in [1.165, 1.54) is 0 Å². The van der Waals surface area contributed by atoms with Crippen LogP contribution in [0.15, 0.2) is 85.1 Å². The fourth-order valence-electron chi connectivity index (χ4n) is 3.56. The number of para-hydroxylation sites is 2. The van der Waals surface area contributed by atoms with Gasteiger partial charge in [0, 0.05) is 16.7 Å². The molecule has 1 N–H and O–H groups in total. The second kappa shape index (κ2) is 9.63. The number of hydrogen-bond acceptors (Lipinski definition) is 4. The summed E-state index contributed by atoms with van der Waals surface area (Å²) in [5.74, 6) is 2.70. The summed E-state index contributed by atoms with van der Waals surface area (Å²) in [6.45, 7) is 1.82. The van der Waals surface area contributed by atoms with Crippen molar-refractivity contribution in [3.8, 4) is 11.5 Å². The second-order valence-electron chi connectivity index (χ2n) is 6.82. The number of ether oxygens (including phenoxy) is 2. The molecule has 1 aliphatic heterocycles. The third kappa shape index (κ3) is 3.98. The summed E-state index contributed by atoms with van der Waals surface area (Å²) in [4.78, 5) is 13.3. The molecule has 154 valence electrons. The Morgan fingerprint density at radius 1 is 0.933 bits per heavy atom. The first-order valence-corrected chi connectivity index (χ1v) is 11.0. The average Bonchev–Trinajstić information content (AvgIpc) is 2.81. The Bertz CT molecular complexity index is 998. The van der Waals surface area contributed by atoms with Gasteiger partial charge in [-0.1, -0.05) is 82.7 Å². The highest BCUT2D eigenvalue weighted by atomic mass is 79.9. The van der Waals surface area contributed by atoms with E-state index in [1.54, 1.807) is 0 Å². The Morgan fingerprint density at radius 2 is 1.43 bits per heavy atom. The number of esters is 1. The van der Waals surface area contributed by atoms with Crippen LogP contribution in [0, 0.1) is 0 Å². The molecule has 5 heteroatoms. The number of benzene rings is 3. The number of carbonyl (C=O) groups is 1. The fourth-order valence-corrected chi connectivity index (χ4v) is 3.56. The minimum absolute atomic E-state index is 0.0277. The van der Waals surface area contributed by atoms with Crippen molar-refractivity contribution in [1.29, 1.82) is 0 Å². The lowest BCUT2D eigenvalue weighted by molar-refractivity contribution is -0.147. The van der Waals surface area contributed by atoms with Crippen molar-refractivity contribution in [2.24, 2.45) is 0 Å². The maximum absolute atomic E-state index is 13.3. The number of aliphatic hydroxyl groups is 1. The Labute approximate surface area is 184 Å². The van der Waals surface area contributed by atoms with Gasteiger partial charge >= 0.3 is 5.97 Å². The molecule has 0 aliphatic carbocycles. The van der Waals surface area contributed by atoms with Crippen LogP contribution in [0.3, 0.4) is 0 Å². The van der Waals surface area contributed by atoms with Crippen molar-refractivity contribution in [2.75, 3.05) is 12.4 Å². The minimum atomic E-state index is -1.01. The van der Waals surface area contributed by atoms with E-state index in [-0.39, 0.29) is 6.61 Å². The molecule has 1 heterocycles. The molecular weight excluding hydrogens is 444 g/mol. The third-order valence-corrected chi connectivity index (χ3v) is 5.14. The number of halogens is 1. The number of hydrogen-bond donors (Lipinski definition) is 1. The number of alkyl halides is 1. The molecule has 0 unspecified atom stereocenters. The normalized spacial score (nSPS) is 13.6. The summed E-state index contributed by atoms with van der Waals surface area (Å²) in [7, 11) is 0. The molecule has 0 fully saturated rings. The van der Waals surface area contributed by atoms with E-state index in [1.807, 2.05) is 91.6 Å². The topological polar surface area (TPSA) is 55.8 Å². The number of carbonyl (C=O) groups excluding carboxylic acids is 1. The number of fused-ring (bicyclic) bond motifs is 2. The van der Waals surface area contributed by atoms with E-state index >= 15 is 0 Å². The molecule has 4 nitrogen and oxygen atoms in total. The van der Waals surface area contributed by atoms with E-state index in [4.69, 9.17) is 9.47 Å². The molecule has 0 atom stereocenters. The van der Waals surface area contributed by atoms with Crippen LogP contribution in [-0.4, -0.2) is 23.5 Å². The van der Waals surface area contributed by atoms with Crippen LogP contribution in [-0.2, 0) is 14.9 Å². The summed E-state index contributed by atoms with van der Waals surface area (Å²) >= 11 is 2.94. The van der Waals surface area contributed by atoms with Crippen LogP contribution in [0.5, 0.6) is 11.5 Å². The summed E-state index contributed by atoms with van der Waals surface area (Å²) in [5.41, 5.74) is 1.84. The first-order valence-electron chi connectivity index (χ1n) is 9.45. The van der Waals surface area contributed by atoms with Crippen LogP contribution in [0.4, 0.5) is 0 Å². The van der Waals surface area contributed by atoms with Crippen LogP contribution in [0.25, 0.3) is 5.57 Å². The zero-order valence-electron chi connectivity index (χ0n) is 16.8. The maximum atomic E-state index is 13.3. The SMILES string of the molecule is CBr.CC1(C(=O)OCC(=CO)c2ccccc2)c2ccccc2Oc2ccccc21. The molecule has 3 aromatic carbocycles. The van der Waals surface area contributed by atoms with Gasteiger partial charge in [-0.05, 0) is 30.5 Å². The molecular formula is C25H23BrO4. The molecule has 0 bridgehead atoms. The van der Waals surface area contributed by atoms with Gasteiger partial charge < -0.3 is 14.6 Å². The highest BCUT2D eigenvalue weighted by Crippen LogP contribution is 2.48. The Morgan fingerprint density at radius 3 is 1.97 bits per heavy atom. The molecule has 0 saturated heterocycles. The molecule has 4 rings (SSSR count). The van der Waals surface area contributed by atoms with Crippen molar-refractivity contribution >= 4 is 27.5 Å². The Kier molecular flexibility index (Phi) is 6.95. The number of rotatable bonds is 4. The van der Waals surface area contributed by atoms with Gasteiger partial charge in [0.05, 0.1) is 6.26 Å². The smallest absolute Gasteiger partial charge is 0.321 e. The van der Waals surface area contributed by atoms with Gasteiger partial charge in [-0.3, -0.25) is 4.79 Å². The van der Waals surface area contributed by atoms with E-state index in [0.29, 0.717) is 17.1 Å². The van der Waals surface area contributed by atoms with Gasteiger partial charge in [0.2, 0.25) is 0 Å². The van der Waals surface area contributed by atoms with Crippen LogP contribution in [0.2, 0.25) is 0 Å². The summed E-state index contributed by atoms with van der Waals surface area (Å²) in [6, 6.07) is 24.3. The summed E-state index contributed by atoms with van der Waals surface area (Å²) in [5, 5.41) is 9.61. The second-order valence-corrected chi connectivity index (χ2v) is 6.82. The number of aliphatic hydroxyl groups excluding tert-OH is 1. The molecule has 3 aromatic rings. The lowest BCUT2D eigenvalue weighted by Gasteiger charge is -2.35. The van der Waals surface area contributed by atoms with Gasteiger partial charge in [0.1, 0.15) is 23.5 Å². The molecule has 0 amide bonds. The fraction of sp³-hybridized carbons (Fsp3) is 0.160. The van der Waals surface area contributed by atoms with Gasteiger partial charge in [0.25, 0.3) is 0 Å². The first kappa shape index (κ1) is 21.7. The quantitative estimate of drug-likeness (QED) is 0.280. The van der Waals surface area contributed by atoms with Crippen molar-refractivity contribution in [2.45, 2.75) is 12.3 Å². The minimum Gasteiger partial charge on any atom is -0.515 e. The van der Waals surface area contributed by atoms with Crippen molar-refractivity contribution in [3.63, 3.8) is 0 Å². The average molecular weight is 467 g/mol. The van der Waals surface area contributed by atoms with Crippen molar-refractivity contribution in [3.05, 3.63) is 102 Å². The van der Waals surface area contributed by atoms with Gasteiger partial charge in [-0.15, -0.1) is 0 Å². The summed E-state index contributed by atoms with van der Waals surface area (Å²) in [6.07, 6.45) is 0.983. The van der Waals surface area contributed by atoms with Crippen LogP contribution >= 0.6 is 15.9 Å². The van der Waals surface area contributed by atoms with E-state index in [0.717, 1.165) is 23.0 Å². The first-order chi connectivity index (χ1) is 14.6. The van der Waals surface area contributed by atoms with Gasteiger partial charge in [0.15, 0.2) is 0 Å². The van der Waals surface area contributed by atoms with Crippen molar-refractivity contribution < 1.29 is 19.4 Å². The highest BCUT2D eigenvalue weighted by molar-refractivity contribution is 9.08. The molecule has 30 heavy (non-hydrogen) atoms. The van der Waals surface area contributed by atoms with Gasteiger partial charge in [-0.2, -0.15) is 0 Å². The Balaban J connectivity index is 0.00000124. The lowest BCUT2D eigenvalue weighted by Crippen LogP contribution is -2.38. The van der Waals surface area contributed by atoms with E-state index in [2.05, 4.69) is 15.9 Å². The third-order valence-electron chi connectivity index (χ3n) is 5.14. The van der Waals surface area contributed by atoms with E-state index in [9.17, 15) is 9.90 Å². The molecule has 1 aliphatic rings. The van der Waals surface area contributed by atoms with Gasteiger partial charge in [-0.25, -0.2) is 0 Å². The largest absolute Gasteiger partial charge is 0.515 e.